The predicted octanol–water partition coefficient (Wildman–Crippen LogP) is 2.09. The Balaban J connectivity index is 1.45. The molecule has 14 heteroatoms. The number of halogens is 1. The fourth-order valence-electron chi connectivity index (χ4n) is 3.44. The van der Waals surface area contributed by atoms with Crippen molar-refractivity contribution < 1.29 is 23.2 Å². The number of hydrogen-bond donors (Lipinski definition) is 3. The van der Waals surface area contributed by atoms with Crippen LogP contribution in [0.25, 0.3) is 22.5 Å². The summed E-state index contributed by atoms with van der Waals surface area (Å²) in [5.41, 5.74) is 7.10. The number of hydrazine groups is 1. The summed E-state index contributed by atoms with van der Waals surface area (Å²) in [5, 5.41) is 18.2. The SMILES string of the molecule is COc1cc(C(=O)NNC(=O)N[C@H](C)c2ncc(-c3cccc(C)c3-c3nnn(C)n3)cc2F)on1. The summed E-state index contributed by atoms with van der Waals surface area (Å²) in [7, 11) is 3.02. The second-order valence-corrected chi connectivity index (χ2v) is 7.70. The molecular weight excluding hydrogens is 473 g/mol. The molecule has 0 unspecified atom stereocenters. The molecule has 3 aromatic heterocycles. The average Bonchev–Trinajstić information content (AvgIpc) is 3.51. The van der Waals surface area contributed by atoms with Crippen LogP contribution in [0.4, 0.5) is 9.18 Å². The van der Waals surface area contributed by atoms with E-state index in [1.165, 1.54) is 30.2 Å². The number of nitrogens with zero attached hydrogens (tertiary/aromatic N) is 6. The van der Waals surface area contributed by atoms with Crippen LogP contribution in [0.2, 0.25) is 0 Å². The van der Waals surface area contributed by atoms with Gasteiger partial charge in [-0.15, -0.1) is 10.2 Å². The standard InChI is InChI=1S/C22H22FN9O4/c1-11-6-5-7-14(18(11)20-26-31-32(3)29-20)13-8-15(23)19(24-10-13)12(2)25-22(34)28-27-21(33)16-9-17(35-4)30-36-16/h5-10,12H,1-4H3,(H,27,33)(H2,25,28,34)/t12-/m1/s1. The fraction of sp³-hybridized carbons (Fsp3) is 0.227. The second kappa shape index (κ2) is 10.2. The van der Waals surface area contributed by atoms with Crippen molar-refractivity contribution in [3.8, 4) is 28.4 Å². The molecule has 36 heavy (non-hydrogen) atoms. The minimum atomic E-state index is -0.819. The van der Waals surface area contributed by atoms with Crippen LogP contribution in [0.5, 0.6) is 5.88 Å². The summed E-state index contributed by atoms with van der Waals surface area (Å²) in [5.74, 6) is -1.04. The number of nitrogens with one attached hydrogen (secondary N) is 3. The minimum Gasteiger partial charge on any atom is -0.479 e. The van der Waals surface area contributed by atoms with Gasteiger partial charge in [0.1, 0.15) is 5.82 Å². The first-order valence-electron chi connectivity index (χ1n) is 10.6. The van der Waals surface area contributed by atoms with Crippen molar-refractivity contribution in [2.45, 2.75) is 19.9 Å². The molecule has 4 aromatic rings. The van der Waals surface area contributed by atoms with Crippen LogP contribution in [-0.4, -0.2) is 49.4 Å². The molecule has 0 aliphatic rings. The third-order valence-corrected chi connectivity index (χ3v) is 5.15. The van der Waals surface area contributed by atoms with Gasteiger partial charge in [-0.25, -0.2) is 14.6 Å². The van der Waals surface area contributed by atoms with Gasteiger partial charge in [-0.1, -0.05) is 18.2 Å². The smallest absolute Gasteiger partial charge is 0.334 e. The topological polar surface area (TPSA) is 162 Å². The van der Waals surface area contributed by atoms with E-state index in [4.69, 9.17) is 9.26 Å². The summed E-state index contributed by atoms with van der Waals surface area (Å²) in [4.78, 5) is 29.7. The number of rotatable bonds is 6. The molecule has 0 aliphatic heterocycles. The molecule has 0 aliphatic carbocycles. The van der Waals surface area contributed by atoms with E-state index < -0.39 is 23.8 Å². The van der Waals surface area contributed by atoms with Crippen molar-refractivity contribution in [1.82, 2.24) is 46.5 Å². The number of aryl methyl sites for hydroxylation is 2. The summed E-state index contributed by atoms with van der Waals surface area (Å²) in [6.45, 7) is 3.45. The first-order chi connectivity index (χ1) is 17.3. The molecular formula is C22H22FN9O4. The number of ether oxygens (including phenoxy) is 1. The fourth-order valence-corrected chi connectivity index (χ4v) is 3.44. The maximum atomic E-state index is 15.1. The Morgan fingerprint density at radius 3 is 2.69 bits per heavy atom. The van der Waals surface area contributed by atoms with Crippen molar-refractivity contribution in [3.63, 3.8) is 0 Å². The average molecular weight is 495 g/mol. The Morgan fingerprint density at radius 2 is 2.03 bits per heavy atom. The van der Waals surface area contributed by atoms with E-state index in [9.17, 15) is 9.59 Å². The highest BCUT2D eigenvalue weighted by molar-refractivity contribution is 5.92. The van der Waals surface area contributed by atoms with Crippen LogP contribution < -0.4 is 20.9 Å². The lowest BCUT2D eigenvalue weighted by Gasteiger charge is -2.16. The molecule has 4 rings (SSSR count). The first kappa shape index (κ1) is 24.3. The molecule has 0 fully saturated rings. The molecule has 0 saturated carbocycles. The Kier molecular flexibility index (Phi) is 6.85. The van der Waals surface area contributed by atoms with Gasteiger partial charge in [-0.05, 0) is 41.4 Å². The number of benzene rings is 1. The lowest BCUT2D eigenvalue weighted by atomic mass is 9.96. The number of tetrazole rings is 1. The third kappa shape index (κ3) is 5.11. The van der Waals surface area contributed by atoms with Gasteiger partial charge < -0.3 is 14.6 Å². The molecule has 3 heterocycles. The zero-order valence-electron chi connectivity index (χ0n) is 19.7. The van der Waals surface area contributed by atoms with E-state index >= 15 is 4.39 Å². The monoisotopic (exact) mass is 495 g/mol. The Labute approximate surface area is 204 Å². The zero-order chi connectivity index (χ0) is 25.8. The molecule has 3 N–H and O–H groups in total. The van der Waals surface area contributed by atoms with Crippen LogP contribution in [0.15, 0.2) is 41.1 Å². The second-order valence-electron chi connectivity index (χ2n) is 7.70. The van der Waals surface area contributed by atoms with Gasteiger partial charge in [0, 0.05) is 17.3 Å². The van der Waals surface area contributed by atoms with Gasteiger partial charge in [-0.3, -0.25) is 15.2 Å². The van der Waals surface area contributed by atoms with Crippen molar-refractivity contribution in [3.05, 3.63) is 59.4 Å². The van der Waals surface area contributed by atoms with Gasteiger partial charge in [0.2, 0.25) is 11.6 Å². The van der Waals surface area contributed by atoms with E-state index in [0.717, 1.165) is 5.56 Å². The van der Waals surface area contributed by atoms with Gasteiger partial charge in [0.15, 0.2) is 0 Å². The van der Waals surface area contributed by atoms with Crippen LogP contribution >= 0.6 is 0 Å². The Morgan fingerprint density at radius 1 is 1.22 bits per heavy atom. The Bertz CT molecular complexity index is 1420. The highest BCUT2D eigenvalue weighted by atomic mass is 19.1. The molecule has 1 aromatic carbocycles. The number of aromatic nitrogens is 6. The number of pyridine rings is 1. The predicted molar refractivity (Wildman–Crippen MR) is 123 cm³/mol. The van der Waals surface area contributed by atoms with Gasteiger partial charge in [-0.2, -0.15) is 4.80 Å². The lowest BCUT2D eigenvalue weighted by molar-refractivity contribution is 0.0898. The highest BCUT2D eigenvalue weighted by Crippen LogP contribution is 2.33. The van der Waals surface area contributed by atoms with Crippen molar-refractivity contribution in [2.24, 2.45) is 7.05 Å². The van der Waals surface area contributed by atoms with Gasteiger partial charge in [0.25, 0.3) is 5.88 Å². The minimum absolute atomic E-state index is 0.00651. The van der Waals surface area contributed by atoms with Crippen LogP contribution in [0.3, 0.4) is 0 Å². The van der Waals surface area contributed by atoms with E-state index in [0.29, 0.717) is 22.5 Å². The molecule has 186 valence electrons. The third-order valence-electron chi connectivity index (χ3n) is 5.15. The van der Waals surface area contributed by atoms with Crippen LogP contribution in [-0.2, 0) is 7.05 Å². The Hall–Kier alpha value is -4.88. The van der Waals surface area contributed by atoms with Gasteiger partial charge >= 0.3 is 11.9 Å². The zero-order valence-corrected chi connectivity index (χ0v) is 19.7. The molecule has 0 saturated heterocycles. The summed E-state index contributed by atoms with van der Waals surface area (Å²) >= 11 is 0. The molecule has 0 spiro atoms. The summed E-state index contributed by atoms with van der Waals surface area (Å²) in [6, 6.07) is 6.52. The van der Waals surface area contributed by atoms with Crippen molar-refractivity contribution in [2.75, 3.05) is 7.11 Å². The van der Waals surface area contributed by atoms with Crippen molar-refractivity contribution in [1.29, 1.82) is 0 Å². The molecule has 3 amide bonds. The van der Waals surface area contributed by atoms with E-state index in [2.05, 4.69) is 41.7 Å². The first-order valence-corrected chi connectivity index (χ1v) is 10.6. The summed E-state index contributed by atoms with van der Waals surface area (Å²) in [6.07, 6.45) is 1.50. The largest absolute Gasteiger partial charge is 0.479 e. The lowest BCUT2D eigenvalue weighted by Crippen LogP contribution is -2.47. The number of urea groups is 1. The molecule has 1 atom stereocenters. The van der Waals surface area contributed by atoms with E-state index in [1.807, 2.05) is 25.1 Å². The number of carbonyl (C=O) groups is 2. The number of amides is 3. The number of carbonyl (C=O) groups excluding carboxylic acids is 2. The summed E-state index contributed by atoms with van der Waals surface area (Å²) < 4.78 is 24.7. The number of hydrogen-bond acceptors (Lipinski definition) is 9. The normalized spacial score (nSPS) is 11.6. The molecule has 0 radical (unpaired) electrons. The maximum absolute atomic E-state index is 15.1. The van der Waals surface area contributed by atoms with Crippen LogP contribution in [0, 0.1) is 12.7 Å². The molecule has 0 bridgehead atoms. The van der Waals surface area contributed by atoms with Crippen LogP contribution in [0.1, 0.15) is 34.8 Å². The van der Waals surface area contributed by atoms with Crippen molar-refractivity contribution >= 4 is 11.9 Å². The quantitative estimate of drug-likeness (QED) is 0.340. The maximum Gasteiger partial charge on any atom is 0.334 e. The highest BCUT2D eigenvalue weighted by Gasteiger charge is 2.20. The van der Waals surface area contributed by atoms with E-state index in [-0.39, 0.29) is 17.3 Å². The number of methoxy groups -OCH3 is 1. The van der Waals surface area contributed by atoms with E-state index in [1.54, 1.807) is 14.0 Å². The van der Waals surface area contributed by atoms with Gasteiger partial charge in [0.05, 0.1) is 32.0 Å². The molecule has 13 nitrogen and oxygen atoms in total.